The van der Waals surface area contributed by atoms with Crippen molar-refractivity contribution in [1.29, 1.82) is 0 Å². The zero-order chi connectivity index (χ0) is 10.1. The topological polar surface area (TPSA) is 40.5 Å². The molecule has 2 rings (SSSR count). The van der Waals surface area contributed by atoms with E-state index >= 15 is 0 Å². The van der Waals surface area contributed by atoms with Crippen molar-refractivity contribution in [1.82, 2.24) is 4.90 Å². The first-order chi connectivity index (χ1) is 6.65. The maximum Gasteiger partial charge on any atom is 0.149 e. The van der Waals surface area contributed by atoms with E-state index in [2.05, 4.69) is 4.90 Å². The number of aliphatic hydroxyl groups is 1. The largest absolute Gasteiger partial charge is 0.393 e. The Kier molecular flexibility index (Phi) is 2.88. The van der Waals surface area contributed by atoms with E-state index < -0.39 is 0 Å². The van der Waals surface area contributed by atoms with Gasteiger partial charge in [0, 0.05) is 12.5 Å². The van der Waals surface area contributed by atoms with Crippen LogP contribution in [0.15, 0.2) is 0 Å². The summed E-state index contributed by atoms with van der Waals surface area (Å²) in [5.74, 6) is 1.40. The third-order valence-corrected chi connectivity index (χ3v) is 3.24. The second-order valence-corrected chi connectivity index (χ2v) is 4.93. The lowest BCUT2D eigenvalue weighted by Crippen LogP contribution is -2.39. The molecule has 2 aliphatic carbocycles. The molecular weight excluding hydrogens is 178 g/mol. The highest BCUT2D eigenvalue weighted by atomic mass is 16.3. The van der Waals surface area contributed by atoms with Crippen LogP contribution in [0.25, 0.3) is 0 Å². The molecule has 3 nitrogen and oxygen atoms in total. The van der Waals surface area contributed by atoms with E-state index in [0.29, 0.717) is 24.2 Å². The van der Waals surface area contributed by atoms with Gasteiger partial charge in [0.15, 0.2) is 0 Å². The molecule has 0 aromatic heterocycles. The first-order valence-electron chi connectivity index (χ1n) is 5.54. The molecule has 0 aromatic rings. The molecule has 2 aliphatic rings. The normalized spacial score (nSPS) is 31.6. The zero-order valence-electron chi connectivity index (χ0n) is 8.78. The van der Waals surface area contributed by atoms with Crippen LogP contribution in [-0.4, -0.2) is 42.0 Å². The fraction of sp³-hybridized carbons (Fsp3) is 0.909. The van der Waals surface area contributed by atoms with Crippen molar-refractivity contribution in [2.45, 2.75) is 31.8 Å². The van der Waals surface area contributed by atoms with Gasteiger partial charge >= 0.3 is 0 Å². The monoisotopic (exact) mass is 197 g/mol. The Morgan fingerprint density at radius 1 is 1.43 bits per heavy atom. The van der Waals surface area contributed by atoms with E-state index in [-0.39, 0.29) is 6.10 Å². The van der Waals surface area contributed by atoms with Crippen molar-refractivity contribution in [2.24, 2.45) is 11.8 Å². The Balaban J connectivity index is 1.62. The number of ketones is 1. The molecule has 0 heterocycles. The van der Waals surface area contributed by atoms with Crippen molar-refractivity contribution >= 4 is 5.78 Å². The summed E-state index contributed by atoms with van der Waals surface area (Å²) >= 11 is 0. The minimum Gasteiger partial charge on any atom is -0.393 e. The number of hydrogen-bond acceptors (Lipinski definition) is 3. The number of hydrogen-bond donors (Lipinski definition) is 1. The van der Waals surface area contributed by atoms with Crippen LogP contribution in [0.2, 0.25) is 0 Å². The van der Waals surface area contributed by atoms with Gasteiger partial charge in [-0.15, -0.1) is 0 Å². The number of nitrogens with zero attached hydrogens (tertiary/aromatic N) is 1. The van der Waals surface area contributed by atoms with Gasteiger partial charge in [-0.3, -0.25) is 9.69 Å². The van der Waals surface area contributed by atoms with Crippen LogP contribution in [0.4, 0.5) is 0 Å². The van der Waals surface area contributed by atoms with Gasteiger partial charge < -0.3 is 5.11 Å². The summed E-state index contributed by atoms with van der Waals surface area (Å²) in [7, 11) is 2.00. The van der Waals surface area contributed by atoms with Crippen molar-refractivity contribution in [3.05, 3.63) is 0 Å². The van der Waals surface area contributed by atoms with Crippen LogP contribution in [0.1, 0.15) is 25.7 Å². The Hall–Kier alpha value is -0.410. The molecule has 0 saturated heterocycles. The molecule has 0 unspecified atom stereocenters. The van der Waals surface area contributed by atoms with Gasteiger partial charge in [0.25, 0.3) is 0 Å². The number of carbonyl (C=O) groups is 1. The number of aliphatic hydroxyl groups excluding tert-OH is 1. The van der Waals surface area contributed by atoms with E-state index in [1.54, 1.807) is 0 Å². The number of likely N-dealkylation sites (N-methyl/N-ethyl adjacent to an activating group) is 1. The van der Waals surface area contributed by atoms with Gasteiger partial charge in [-0.25, -0.2) is 0 Å². The van der Waals surface area contributed by atoms with E-state index in [0.717, 1.165) is 32.2 Å². The van der Waals surface area contributed by atoms with E-state index in [4.69, 9.17) is 5.11 Å². The average Bonchev–Trinajstić information content (AvgIpc) is 2.82. The average molecular weight is 197 g/mol. The van der Waals surface area contributed by atoms with Crippen LogP contribution in [0.5, 0.6) is 0 Å². The van der Waals surface area contributed by atoms with Crippen molar-refractivity contribution in [3.63, 3.8) is 0 Å². The van der Waals surface area contributed by atoms with Crippen molar-refractivity contribution < 1.29 is 9.90 Å². The third-order valence-electron chi connectivity index (χ3n) is 3.24. The molecule has 2 saturated carbocycles. The van der Waals surface area contributed by atoms with Gasteiger partial charge in [0.05, 0.1) is 12.6 Å². The second-order valence-electron chi connectivity index (χ2n) is 4.93. The molecule has 80 valence electrons. The predicted molar refractivity (Wildman–Crippen MR) is 54.0 cm³/mol. The quantitative estimate of drug-likeness (QED) is 0.704. The highest BCUT2D eigenvalue weighted by molar-refractivity contribution is 5.84. The molecule has 3 heteroatoms. The molecular formula is C11H19NO2. The Bertz CT molecular complexity index is 219. The molecule has 0 atom stereocenters. The predicted octanol–water partition coefficient (Wildman–Crippen LogP) is 0.668. The third kappa shape index (κ3) is 2.55. The molecule has 0 aliphatic heterocycles. The summed E-state index contributed by atoms with van der Waals surface area (Å²) in [4.78, 5) is 13.6. The first-order valence-corrected chi connectivity index (χ1v) is 5.54. The molecule has 0 aromatic carbocycles. The summed E-state index contributed by atoms with van der Waals surface area (Å²) in [5.41, 5.74) is 0. The minimum atomic E-state index is -0.0764. The molecule has 2 fully saturated rings. The maximum atomic E-state index is 11.5. The smallest absolute Gasteiger partial charge is 0.149 e. The number of Topliss-reactive ketones (excluding diaryl/α,β-unsaturated/α-hetero) is 1. The molecule has 0 radical (unpaired) electrons. The van der Waals surface area contributed by atoms with Crippen LogP contribution in [0, 0.1) is 11.8 Å². The van der Waals surface area contributed by atoms with E-state index in [1.165, 1.54) is 0 Å². The second kappa shape index (κ2) is 3.99. The number of rotatable bonds is 5. The zero-order valence-corrected chi connectivity index (χ0v) is 8.78. The first kappa shape index (κ1) is 10.1. The van der Waals surface area contributed by atoms with Gasteiger partial charge in [-0.05, 0) is 38.6 Å². The van der Waals surface area contributed by atoms with Gasteiger partial charge in [0.1, 0.15) is 5.78 Å². The van der Waals surface area contributed by atoms with Crippen LogP contribution in [-0.2, 0) is 4.79 Å². The summed E-state index contributed by atoms with van der Waals surface area (Å²) < 4.78 is 0. The molecule has 0 bridgehead atoms. The fourth-order valence-corrected chi connectivity index (χ4v) is 2.16. The van der Waals surface area contributed by atoms with E-state index in [1.807, 2.05) is 7.05 Å². The van der Waals surface area contributed by atoms with Crippen LogP contribution >= 0.6 is 0 Å². The van der Waals surface area contributed by atoms with Gasteiger partial charge in [-0.1, -0.05) is 0 Å². The van der Waals surface area contributed by atoms with Gasteiger partial charge in [-0.2, -0.15) is 0 Å². The molecule has 14 heavy (non-hydrogen) atoms. The van der Waals surface area contributed by atoms with Crippen LogP contribution < -0.4 is 0 Å². The number of carbonyl (C=O) groups excluding carboxylic acids is 1. The molecule has 0 amide bonds. The highest BCUT2D eigenvalue weighted by Gasteiger charge is 2.32. The summed E-state index contributed by atoms with van der Waals surface area (Å²) in [5, 5.41) is 9.13. The standard InChI is InChI=1S/C11H19NO2/c1-12(6-8-4-10(13)5-8)7-11(14)9-2-3-9/h8-10,13H,2-7H2,1H3. The molecule has 0 spiro atoms. The lowest BCUT2D eigenvalue weighted by atomic mass is 9.82. The van der Waals surface area contributed by atoms with Crippen LogP contribution in [0.3, 0.4) is 0 Å². The summed E-state index contributed by atoms with van der Waals surface area (Å²) in [6.07, 6.45) is 3.97. The molecule has 1 N–H and O–H groups in total. The summed E-state index contributed by atoms with van der Waals surface area (Å²) in [6, 6.07) is 0. The van der Waals surface area contributed by atoms with Crippen molar-refractivity contribution in [3.8, 4) is 0 Å². The van der Waals surface area contributed by atoms with Crippen molar-refractivity contribution in [2.75, 3.05) is 20.1 Å². The Morgan fingerprint density at radius 2 is 2.07 bits per heavy atom. The Labute approximate surface area is 85.1 Å². The summed E-state index contributed by atoms with van der Waals surface area (Å²) in [6.45, 7) is 1.58. The van der Waals surface area contributed by atoms with E-state index in [9.17, 15) is 4.79 Å². The maximum absolute atomic E-state index is 11.5. The minimum absolute atomic E-state index is 0.0764. The van der Waals surface area contributed by atoms with Gasteiger partial charge in [0.2, 0.25) is 0 Å². The lowest BCUT2D eigenvalue weighted by Gasteiger charge is -2.34. The highest BCUT2D eigenvalue weighted by Crippen LogP contribution is 2.31. The fourth-order valence-electron chi connectivity index (χ4n) is 2.16. The Morgan fingerprint density at radius 3 is 2.57 bits per heavy atom. The SMILES string of the molecule is CN(CC(=O)C1CC1)CC1CC(O)C1. The lowest BCUT2D eigenvalue weighted by molar-refractivity contribution is -0.121.